The highest BCUT2D eigenvalue weighted by molar-refractivity contribution is 14.1. The number of benzene rings is 2. The van der Waals surface area contributed by atoms with E-state index in [-0.39, 0.29) is 25.3 Å². The molecule has 0 aliphatic carbocycles. The Morgan fingerprint density at radius 2 is 2.00 bits per heavy atom. The Labute approximate surface area is 218 Å². The molecule has 0 radical (unpaired) electrons. The molecular formula is C24H21FIN3O5S. The van der Waals surface area contributed by atoms with Crippen molar-refractivity contribution in [3.63, 3.8) is 0 Å². The van der Waals surface area contributed by atoms with Crippen LogP contribution in [-0.2, 0) is 16.0 Å². The molecule has 0 saturated carbocycles. The van der Waals surface area contributed by atoms with Gasteiger partial charge in [0.25, 0.3) is 5.91 Å². The van der Waals surface area contributed by atoms with E-state index in [0.717, 1.165) is 9.78 Å². The monoisotopic (exact) mass is 609 g/mol. The standard InChI is InChI=1S/C24H21FIN3O5S/c25-18-12-15(26)5-8-19(18)27-22(31)20(13-17-2-1-11-35-17)29-23(32)21(28-24(29)33)14-3-6-16(7-4-14)34-10-9-30/h1-8,11-12,20-21,30H,9-10,13H2,(H,27,31)(H,28,33). The van der Waals surface area contributed by atoms with Crippen molar-refractivity contribution in [3.05, 3.63) is 79.8 Å². The number of carbonyl (C=O) groups excluding carboxylic acids is 3. The predicted octanol–water partition coefficient (Wildman–Crippen LogP) is 3.71. The molecule has 3 N–H and O–H groups in total. The van der Waals surface area contributed by atoms with Gasteiger partial charge in [-0.25, -0.2) is 14.1 Å². The van der Waals surface area contributed by atoms with Crippen LogP contribution >= 0.6 is 33.9 Å². The van der Waals surface area contributed by atoms with E-state index in [1.807, 2.05) is 34.0 Å². The number of nitrogens with one attached hydrogen (secondary N) is 2. The summed E-state index contributed by atoms with van der Waals surface area (Å²) >= 11 is 3.35. The molecule has 2 aromatic carbocycles. The molecular weight excluding hydrogens is 588 g/mol. The summed E-state index contributed by atoms with van der Waals surface area (Å²) in [5.41, 5.74) is 0.481. The van der Waals surface area contributed by atoms with Gasteiger partial charge in [-0.2, -0.15) is 0 Å². The van der Waals surface area contributed by atoms with Crippen LogP contribution in [0.25, 0.3) is 0 Å². The van der Waals surface area contributed by atoms with Crippen molar-refractivity contribution in [2.75, 3.05) is 18.5 Å². The molecule has 11 heteroatoms. The van der Waals surface area contributed by atoms with Crippen LogP contribution in [0.3, 0.4) is 0 Å². The summed E-state index contributed by atoms with van der Waals surface area (Å²) in [6.07, 6.45) is 0.0926. The third kappa shape index (κ3) is 5.80. The maximum atomic E-state index is 14.4. The first kappa shape index (κ1) is 25.1. The van der Waals surface area contributed by atoms with E-state index in [9.17, 15) is 18.8 Å². The summed E-state index contributed by atoms with van der Waals surface area (Å²) in [6.45, 7) is 0.000572. The molecule has 4 rings (SSSR count). The highest BCUT2D eigenvalue weighted by Crippen LogP contribution is 2.28. The largest absolute Gasteiger partial charge is 0.491 e. The molecule has 0 spiro atoms. The lowest BCUT2D eigenvalue weighted by atomic mass is 10.1. The number of nitrogens with zero attached hydrogens (tertiary/aromatic N) is 1. The third-order valence-corrected chi connectivity index (χ3v) is 6.89. The van der Waals surface area contributed by atoms with Crippen LogP contribution < -0.4 is 15.4 Å². The molecule has 2 atom stereocenters. The number of thiophene rings is 1. The zero-order chi connectivity index (χ0) is 24.9. The average molecular weight is 609 g/mol. The molecule has 35 heavy (non-hydrogen) atoms. The third-order valence-electron chi connectivity index (χ3n) is 5.32. The number of rotatable bonds is 9. The van der Waals surface area contributed by atoms with Crippen molar-refractivity contribution < 1.29 is 28.6 Å². The van der Waals surface area contributed by atoms with Crippen LogP contribution in [0, 0.1) is 9.39 Å². The van der Waals surface area contributed by atoms with Gasteiger partial charge in [-0.05, 0) is 69.9 Å². The van der Waals surface area contributed by atoms with Gasteiger partial charge in [-0.3, -0.25) is 9.59 Å². The second-order valence-corrected chi connectivity index (χ2v) is 9.92. The summed E-state index contributed by atoms with van der Waals surface area (Å²) in [6, 6.07) is 11.6. The van der Waals surface area contributed by atoms with Gasteiger partial charge in [0.1, 0.15) is 30.3 Å². The summed E-state index contributed by atoms with van der Waals surface area (Å²) in [7, 11) is 0. The fourth-order valence-corrected chi connectivity index (χ4v) is 4.86. The number of aliphatic hydroxyl groups excluding tert-OH is 1. The predicted molar refractivity (Wildman–Crippen MR) is 137 cm³/mol. The van der Waals surface area contributed by atoms with Gasteiger partial charge in [-0.1, -0.05) is 18.2 Å². The van der Waals surface area contributed by atoms with Gasteiger partial charge in [0.05, 0.1) is 12.3 Å². The zero-order valence-electron chi connectivity index (χ0n) is 18.2. The van der Waals surface area contributed by atoms with Crippen LogP contribution in [0.5, 0.6) is 5.75 Å². The van der Waals surface area contributed by atoms with Gasteiger partial charge in [0, 0.05) is 14.9 Å². The van der Waals surface area contributed by atoms with Crippen LogP contribution in [0.15, 0.2) is 60.0 Å². The highest BCUT2D eigenvalue weighted by atomic mass is 127. The minimum atomic E-state index is -1.18. The smallest absolute Gasteiger partial charge is 0.325 e. The fourth-order valence-electron chi connectivity index (χ4n) is 3.66. The number of anilines is 1. The quantitative estimate of drug-likeness (QED) is 0.254. The van der Waals surface area contributed by atoms with E-state index in [1.165, 1.54) is 23.5 Å². The number of halogens is 2. The number of carbonyl (C=O) groups is 3. The summed E-state index contributed by atoms with van der Waals surface area (Å²) in [5.74, 6) is -1.36. The molecule has 1 aliphatic heterocycles. The van der Waals surface area contributed by atoms with E-state index in [4.69, 9.17) is 9.84 Å². The van der Waals surface area contributed by atoms with Gasteiger partial charge in [-0.15, -0.1) is 11.3 Å². The second-order valence-electron chi connectivity index (χ2n) is 7.64. The van der Waals surface area contributed by atoms with Crippen LogP contribution in [0.1, 0.15) is 16.5 Å². The van der Waals surface area contributed by atoms with Crippen molar-refractivity contribution in [3.8, 4) is 5.75 Å². The Kier molecular flexibility index (Phi) is 7.98. The first-order chi connectivity index (χ1) is 16.9. The molecule has 1 aromatic heterocycles. The van der Waals surface area contributed by atoms with Crippen molar-refractivity contribution in [1.82, 2.24) is 10.2 Å². The number of ether oxygens (including phenoxy) is 1. The Bertz CT molecular complexity index is 1220. The minimum absolute atomic E-state index is 0.0336. The van der Waals surface area contributed by atoms with Gasteiger partial charge < -0.3 is 20.5 Å². The molecule has 4 amide bonds. The SMILES string of the molecule is O=C(Nc1ccc(I)cc1F)C(Cc1cccs1)N1C(=O)NC(c2ccc(OCCO)cc2)C1=O. The van der Waals surface area contributed by atoms with E-state index in [2.05, 4.69) is 10.6 Å². The normalized spacial score (nSPS) is 16.2. The number of imide groups is 1. The molecule has 2 heterocycles. The summed E-state index contributed by atoms with van der Waals surface area (Å²) < 4.78 is 20.4. The molecule has 182 valence electrons. The molecule has 1 saturated heterocycles. The molecule has 3 aromatic rings. The van der Waals surface area contributed by atoms with Crippen molar-refractivity contribution >= 4 is 57.5 Å². The van der Waals surface area contributed by atoms with Crippen LogP contribution in [-0.4, -0.2) is 47.1 Å². The van der Waals surface area contributed by atoms with Gasteiger partial charge >= 0.3 is 6.03 Å². The van der Waals surface area contributed by atoms with Crippen LogP contribution in [0.4, 0.5) is 14.9 Å². The maximum Gasteiger partial charge on any atom is 0.325 e. The number of hydrogen-bond acceptors (Lipinski definition) is 6. The molecule has 2 unspecified atom stereocenters. The zero-order valence-corrected chi connectivity index (χ0v) is 21.2. The maximum absolute atomic E-state index is 14.4. The number of aliphatic hydroxyl groups is 1. The highest BCUT2D eigenvalue weighted by Gasteiger charge is 2.45. The summed E-state index contributed by atoms with van der Waals surface area (Å²) in [5, 5.41) is 15.9. The van der Waals surface area contributed by atoms with Crippen molar-refractivity contribution in [2.24, 2.45) is 0 Å². The first-order valence-electron chi connectivity index (χ1n) is 10.6. The number of amides is 4. The van der Waals surface area contributed by atoms with E-state index >= 15 is 0 Å². The van der Waals surface area contributed by atoms with E-state index < -0.39 is 35.7 Å². The second kappa shape index (κ2) is 11.1. The Balaban J connectivity index is 1.58. The Morgan fingerprint density at radius 3 is 2.66 bits per heavy atom. The van der Waals surface area contributed by atoms with Crippen molar-refractivity contribution in [2.45, 2.75) is 18.5 Å². The lowest BCUT2D eigenvalue weighted by Gasteiger charge is -2.24. The van der Waals surface area contributed by atoms with Crippen molar-refractivity contribution in [1.29, 1.82) is 0 Å². The van der Waals surface area contributed by atoms with Crippen LogP contribution in [0.2, 0.25) is 0 Å². The lowest BCUT2D eigenvalue weighted by Crippen LogP contribution is -2.49. The molecule has 0 bridgehead atoms. The molecule has 8 nitrogen and oxygen atoms in total. The number of hydrogen-bond donors (Lipinski definition) is 3. The molecule has 1 aliphatic rings. The van der Waals surface area contributed by atoms with E-state index in [1.54, 1.807) is 36.4 Å². The minimum Gasteiger partial charge on any atom is -0.491 e. The van der Waals surface area contributed by atoms with Gasteiger partial charge in [0.15, 0.2) is 0 Å². The first-order valence-corrected chi connectivity index (χ1v) is 12.6. The average Bonchev–Trinajstić information content (AvgIpc) is 3.46. The summed E-state index contributed by atoms with van der Waals surface area (Å²) in [4.78, 5) is 41.2. The lowest BCUT2D eigenvalue weighted by molar-refractivity contribution is -0.134. The number of urea groups is 1. The van der Waals surface area contributed by atoms with Gasteiger partial charge in [0.2, 0.25) is 5.91 Å². The Hall–Kier alpha value is -3.03. The Morgan fingerprint density at radius 1 is 1.23 bits per heavy atom. The van der Waals surface area contributed by atoms with E-state index in [0.29, 0.717) is 14.9 Å². The fraction of sp³-hybridized carbons (Fsp3) is 0.208. The molecule has 1 fully saturated rings. The topological polar surface area (TPSA) is 108 Å².